The summed E-state index contributed by atoms with van der Waals surface area (Å²) in [7, 11) is 0. The van der Waals surface area contributed by atoms with Crippen molar-refractivity contribution in [1.29, 1.82) is 0 Å². The fraction of sp³-hybridized carbons (Fsp3) is 0.500. The zero-order valence-corrected chi connectivity index (χ0v) is 14.6. The van der Waals surface area contributed by atoms with Crippen molar-refractivity contribution in [3.63, 3.8) is 0 Å². The van der Waals surface area contributed by atoms with Gasteiger partial charge in [-0.2, -0.15) is 0 Å². The summed E-state index contributed by atoms with van der Waals surface area (Å²) in [5.74, 6) is -0.652. The number of nitrogens with one attached hydrogen (secondary N) is 1. The molecule has 1 aromatic carbocycles. The van der Waals surface area contributed by atoms with Gasteiger partial charge in [-0.3, -0.25) is 13.8 Å². The second-order valence-corrected chi connectivity index (χ2v) is 6.34. The van der Waals surface area contributed by atoms with Gasteiger partial charge in [-0.15, -0.1) is 0 Å². The van der Waals surface area contributed by atoms with E-state index in [9.17, 15) is 18.4 Å². The molecule has 7 nitrogen and oxygen atoms in total. The summed E-state index contributed by atoms with van der Waals surface area (Å²) in [5, 5.41) is 11.2. The molecule has 8 heteroatoms. The molecule has 1 amide bonds. The fourth-order valence-corrected chi connectivity index (χ4v) is 2.91. The van der Waals surface area contributed by atoms with Gasteiger partial charge in [0, 0.05) is 17.9 Å². The van der Waals surface area contributed by atoms with Crippen LogP contribution in [0.3, 0.4) is 0 Å². The van der Waals surface area contributed by atoms with Crippen LogP contribution in [-0.2, 0) is 20.7 Å². The first-order chi connectivity index (χ1) is 11.3. The van der Waals surface area contributed by atoms with Crippen molar-refractivity contribution in [2.45, 2.75) is 44.4 Å². The third kappa shape index (κ3) is 7.10. The quantitative estimate of drug-likeness (QED) is 0.487. The number of carboxylic acids is 1. The molecule has 0 saturated heterocycles. The molecule has 1 atom stereocenters. The Kier molecular flexibility index (Phi) is 8.42. The first-order valence-corrected chi connectivity index (χ1v) is 8.70. The monoisotopic (exact) mass is 356 g/mol. The highest BCUT2D eigenvalue weighted by Crippen LogP contribution is 2.23. The van der Waals surface area contributed by atoms with Crippen molar-refractivity contribution in [3.8, 4) is 5.75 Å². The van der Waals surface area contributed by atoms with E-state index in [-0.39, 0.29) is 23.8 Å². The molecule has 24 heavy (non-hydrogen) atoms. The number of benzene rings is 1. The lowest BCUT2D eigenvalue weighted by molar-refractivity contribution is -0.137. The van der Waals surface area contributed by atoms with Crippen LogP contribution in [0.4, 0.5) is 0 Å². The molecular weight excluding hydrogens is 334 g/mol. The third-order valence-electron chi connectivity index (χ3n) is 3.36. The molecule has 0 spiro atoms. The topological polar surface area (TPSA) is 116 Å². The fourth-order valence-electron chi connectivity index (χ4n) is 2.26. The summed E-state index contributed by atoms with van der Waals surface area (Å²) < 4.78 is 27.6. The zero-order chi connectivity index (χ0) is 18.1. The van der Waals surface area contributed by atoms with Gasteiger partial charge >= 0.3 is 5.97 Å². The van der Waals surface area contributed by atoms with Gasteiger partial charge in [-0.1, -0.05) is 6.42 Å². The molecular formula is C16H22NO6S-. The largest absolute Gasteiger partial charge is 0.768 e. The number of hydrogen-bond donors (Lipinski definition) is 2. The molecule has 0 saturated carbocycles. The first-order valence-electron chi connectivity index (χ1n) is 7.63. The summed E-state index contributed by atoms with van der Waals surface area (Å²) in [6.07, 6.45) is 2.18. The Bertz CT molecular complexity index is 594. The van der Waals surface area contributed by atoms with Gasteiger partial charge in [-0.05, 0) is 61.0 Å². The van der Waals surface area contributed by atoms with Crippen molar-refractivity contribution in [2.24, 2.45) is 0 Å². The molecule has 0 aromatic heterocycles. The average Bonchev–Trinajstić information content (AvgIpc) is 2.47. The average molecular weight is 356 g/mol. The number of rotatable bonds is 10. The molecule has 2 N–H and O–H groups in total. The van der Waals surface area contributed by atoms with Gasteiger partial charge in [0.2, 0.25) is 0 Å². The molecule has 1 rings (SSSR count). The number of carboxylic acid groups (broad SMARTS) is 1. The second-order valence-electron chi connectivity index (χ2n) is 5.46. The summed E-state index contributed by atoms with van der Waals surface area (Å²) in [4.78, 5) is 22.3. The Hall–Kier alpha value is -1.93. The summed E-state index contributed by atoms with van der Waals surface area (Å²) >= 11 is -2.31. The third-order valence-corrected chi connectivity index (χ3v) is 4.34. The van der Waals surface area contributed by atoms with Crippen LogP contribution in [0.5, 0.6) is 5.75 Å². The van der Waals surface area contributed by atoms with Crippen LogP contribution in [0.15, 0.2) is 17.0 Å². The summed E-state index contributed by atoms with van der Waals surface area (Å²) in [6.45, 7) is 3.65. The molecule has 1 aromatic rings. The minimum Gasteiger partial charge on any atom is -0.768 e. The van der Waals surface area contributed by atoms with E-state index in [1.165, 1.54) is 0 Å². The van der Waals surface area contributed by atoms with Gasteiger partial charge in [0.25, 0.3) is 5.91 Å². The van der Waals surface area contributed by atoms with Crippen molar-refractivity contribution in [1.82, 2.24) is 5.32 Å². The first kappa shape index (κ1) is 20.1. The number of hydrogen-bond acceptors (Lipinski definition) is 5. The maximum Gasteiger partial charge on any atom is 0.303 e. The second kappa shape index (κ2) is 10.0. The molecule has 0 aliphatic rings. The maximum absolute atomic E-state index is 11.7. The van der Waals surface area contributed by atoms with Crippen LogP contribution in [0.2, 0.25) is 0 Å². The predicted molar refractivity (Wildman–Crippen MR) is 87.7 cm³/mol. The molecule has 0 radical (unpaired) electrons. The number of ether oxygens (including phenoxy) is 1. The van der Waals surface area contributed by atoms with Crippen LogP contribution in [0, 0.1) is 13.8 Å². The lowest BCUT2D eigenvalue weighted by atomic mass is 10.1. The van der Waals surface area contributed by atoms with E-state index in [1.807, 2.05) is 0 Å². The predicted octanol–water partition coefficient (Wildman–Crippen LogP) is 1.68. The zero-order valence-electron chi connectivity index (χ0n) is 13.8. The van der Waals surface area contributed by atoms with E-state index in [1.54, 1.807) is 26.0 Å². The van der Waals surface area contributed by atoms with Crippen LogP contribution < -0.4 is 10.1 Å². The van der Waals surface area contributed by atoms with Gasteiger partial charge in [0.05, 0.1) is 0 Å². The number of carbonyl (C=O) groups excluding carboxylic acids is 1. The number of aryl methyl sites for hydroxylation is 2. The minimum absolute atomic E-state index is 0.139. The van der Waals surface area contributed by atoms with Gasteiger partial charge in [-0.25, -0.2) is 0 Å². The minimum atomic E-state index is -2.31. The Morgan fingerprint density at radius 1 is 1.21 bits per heavy atom. The number of carbonyl (C=O) groups is 2. The lowest BCUT2D eigenvalue weighted by Crippen LogP contribution is -2.29. The van der Waals surface area contributed by atoms with E-state index in [0.717, 1.165) is 6.42 Å². The van der Waals surface area contributed by atoms with E-state index in [4.69, 9.17) is 9.84 Å². The van der Waals surface area contributed by atoms with Crippen LogP contribution >= 0.6 is 0 Å². The van der Waals surface area contributed by atoms with Crippen molar-refractivity contribution >= 4 is 23.0 Å². The van der Waals surface area contributed by atoms with Crippen molar-refractivity contribution in [2.75, 3.05) is 13.2 Å². The normalized spacial score (nSPS) is 11.8. The summed E-state index contributed by atoms with van der Waals surface area (Å²) in [5.41, 5.74) is 1.13. The Morgan fingerprint density at radius 2 is 1.83 bits per heavy atom. The Balaban J connectivity index is 2.34. The summed E-state index contributed by atoms with van der Waals surface area (Å²) in [6, 6.07) is 3.16. The SMILES string of the molecule is Cc1cc(OCC(=O)NCCCCCC(=O)O)cc(C)c1S(=O)[O-]. The van der Waals surface area contributed by atoms with E-state index < -0.39 is 17.0 Å². The molecule has 0 heterocycles. The Labute approximate surface area is 143 Å². The Morgan fingerprint density at radius 3 is 2.38 bits per heavy atom. The van der Waals surface area contributed by atoms with Crippen LogP contribution in [-0.4, -0.2) is 38.9 Å². The standard InChI is InChI=1S/C16H23NO6S/c1-11-8-13(9-12(2)16(11)24(21)22)23-10-14(18)17-7-5-3-4-6-15(19)20/h8-9H,3-7,10H2,1-2H3,(H,17,18)(H,19,20)(H,21,22)/p-1. The van der Waals surface area contributed by atoms with Crippen LogP contribution in [0.1, 0.15) is 36.8 Å². The smallest absolute Gasteiger partial charge is 0.303 e. The van der Waals surface area contributed by atoms with E-state index >= 15 is 0 Å². The highest BCUT2D eigenvalue weighted by atomic mass is 32.2. The number of amides is 1. The van der Waals surface area contributed by atoms with Crippen molar-refractivity contribution in [3.05, 3.63) is 23.3 Å². The van der Waals surface area contributed by atoms with Gasteiger partial charge < -0.3 is 19.7 Å². The molecule has 0 fully saturated rings. The maximum atomic E-state index is 11.7. The lowest BCUT2D eigenvalue weighted by Gasteiger charge is -2.15. The van der Waals surface area contributed by atoms with E-state index in [2.05, 4.69) is 5.32 Å². The van der Waals surface area contributed by atoms with Gasteiger partial charge in [0.1, 0.15) is 5.75 Å². The molecule has 0 bridgehead atoms. The molecule has 0 aliphatic heterocycles. The van der Waals surface area contributed by atoms with Gasteiger partial charge in [0.15, 0.2) is 6.61 Å². The molecule has 134 valence electrons. The molecule has 1 unspecified atom stereocenters. The number of unbranched alkanes of at least 4 members (excludes halogenated alkanes) is 2. The van der Waals surface area contributed by atoms with Crippen molar-refractivity contribution < 1.29 is 28.2 Å². The number of aliphatic carboxylic acids is 1. The van der Waals surface area contributed by atoms with Crippen LogP contribution in [0.25, 0.3) is 0 Å². The highest BCUT2D eigenvalue weighted by molar-refractivity contribution is 7.79. The van der Waals surface area contributed by atoms with E-state index in [0.29, 0.717) is 36.3 Å². The highest BCUT2D eigenvalue weighted by Gasteiger charge is 2.08. The molecule has 0 aliphatic carbocycles.